The van der Waals surface area contributed by atoms with E-state index in [1.807, 2.05) is 13.8 Å². The molecule has 2 fully saturated rings. The maximum Gasteiger partial charge on any atom is 0.417 e. The molecule has 188 valence electrons. The highest BCUT2D eigenvalue weighted by Gasteiger charge is 2.50. The van der Waals surface area contributed by atoms with Crippen LogP contribution >= 0.6 is 0 Å². The lowest BCUT2D eigenvalue weighted by atomic mass is 9.64. The number of aromatic nitrogens is 5. The predicted molar refractivity (Wildman–Crippen MR) is 116 cm³/mol. The average molecular weight is 495 g/mol. The molecule has 0 unspecified atom stereocenters. The molecule has 0 saturated heterocycles. The van der Waals surface area contributed by atoms with Crippen LogP contribution in [0.5, 0.6) is 0 Å². The first-order chi connectivity index (χ1) is 16.3. The van der Waals surface area contributed by atoms with Gasteiger partial charge in [-0.2, -0.15) is 13.2 Å². The van der Waals surface area contributed by atoms with Crippen molar-refractivity contribution in [2.75, 3.05) is 0 Å². The molecular weight excluding hydrogens is 469 g/mol. The van der Waals surface area contributed by atoms with Crippen molar-refractivity contribution in [3.63, 3.8) is 0 Å². The summed E-state index contributed by atoms with van der Waals surface area (Å²) in [6.45, 7) is 4.05. The standard InChI is InChI=1S/C24H26F5N5O/c1-21(19-32-30-17(34(19)3)15-6-4-5-7-16(15)24(27,28)29)8-10-22(2,11-9-21)20-33-31-18(35-20)14-12-23(25,26)13-14/h4-7,14H,8-13H2,1-3H3. The van der Waals surface area contributed by atoms with Crippen molar-refractivity contribution in [3.8, 4) is 11.4 Å². The van der Waals surface area contributed by atoms with Gasteiger partial charge in [0.1, 0.15) is 5.82 Å². The summed E-state index contributed by atoms with van der Waals surface area (Å²) in [5, 5.41) is 16.7. The van der Waals surface area contributed by atoms with Crippen LogP contribution in [-0.4, -0.2) is 30.9 Å². The molecule has 0 aliphatic heterocycles. The minimum absolute atomic E-state index is 0.00883. The summed E-state index contributed by atoms with van der Waals surface area (Å²) in [4.78, 5) is 0. The summed E-state index contributed by atoms with van der Waals surface area (Å²) in [7, 11) is 1.69. The molecule has 0 amide bonds. The van der Waals surface area contributed by atoms with Gasteiger partial charge >= 0.3 is 6.18 Å². The zero-order valence-electron chi connectivity index (χ0n) is 19.7. The fourth-order valence-electron chi connectivity index (χ4n) is 5.28. The molecule has 1 aromatic carbocycles. The van der Waals surface area contributed by atoms with E-state index in [2.05, 4.69) is 20.4 Å². The van der Waals surface area contributed by atoms with E-state index in [9.17, 15) is 22.0 Å². The second-order valence-electron chi connectivity index (χ2n) is 10.5. The molecule has 0 radical (unpaired) electrons. The Morgan fingerprint density at radius 1 is 0.914 bits per heavy atom. The maximum atomic E-state index is 13.6. The van der Waals surface area contributed by atoms with E-state index < -0.39 is 34.4 Å². The van der Waals surface area contributed by atoms with E-state index in [0.29, 0.717) is 37.4 Å². The molecule has 2 heterocycles. The molecule has 2 aliphatic carbocycles. The SMILES string of the molecule is Cn1c(-c2ccccc2C(F)(F)F)nnc1C1(C)CCC(C)(c2nnc(C3CC(F)(F)C3)o2)CC1. The van der Waals surface area contributed by atoms with Crippen molar-refractivity contribution >= 4 is 0 Å². The van der Waals surface area contributed by atoms with Gasteiger partial charge in [-0.3, -0.25) is 0 Å². The van der Waals surface area contributed by atoms with Gasteiger partial charge in [-0.15, -0.1) is 20.4 Å². The van der Waals surface area contributed by atoms with E-state index in [4.69, 9.17) is 4.42 Å². The summed E-state index contributed by atoms with van der Waals surface area (Å²) in [5.41, 5.74) is -1.59. The molecular formula is C24H26F5N5O. The molecule has 0 spiro atoms. The Morgan fingerprint density at radius 3 is 2.17 bits per heavy atom. The zero-order valence-corrected chi connectivity index (χ0v) is 19.7. The third-order valence-corrected chi connectivity index (χ3v) is 7.74. The second kappa shape index (κ2) is 7.83. The molecule has 3 aromatic rings. The number of rotatable bonds is 4. The van der Waals surface area contributed by atoms with Gasteiger partial charge in [0.2, 0.25) is 17.7 Å². The van der Waals surface area contributed by atoms with E-state index in [1.54, 1.807) is 17.7 Å². The Kier molecular flexibility index (Phi) is 5.34. The van der Waals surface area contributed by atoms with Crippen LogP contribution in [0.2, 0.25) is 0 Å². The highest BCUT2D eigenvalue weighted by atomic mass is 19.4. The molecule has 0 bridgehead atoms. The number of alkyl halides is 5. The number of halogens is 5. The lowest BCUT2D eigenvalue weighted by Crippen LogP contribution is -2.38. The van der Waals surface area contributed by atoms with E-state index in [-0.39, 0.29) is 30.1 Å². The molecule has 2 aliphatic rings. The second-order valence-corrected chi connectivity index (χ2v) is 10.5. The number of benzene rings is 1. The van der Waals surface area contributed by atoms with Gasteiger partial charge in [0, 0.05) is 42.2 Å². The van der Waals surface area contributed by atoms with Crippen LogP contribution in [0, 0.1) is 0 Å². The minimum Gasteiger partial charge on any atom is -0.424 e. The van der Waals surface area contributed by atoms with Crippen molar-refractivity contribution < 1.29 is 26.4 Å². The maximum absolute atomic E-state index is 13.6. The van der Waals surface area contributed by atoms with Crippen LogP contribution < -0.4 is 0 Å². The summed E-state index contributed by atoms with van der Waals surface area (Å²) < 4.78 is 74.6. The molecule has 35 heavy (non-hydrogen) atoms. The number of hydrogen-bond donors (Lipinski definition) is 0. The number of hydrogen-bond acceptors (Lipinski definition) is 5. The van der Waals surface area contributed by atoms with E-state index in [1.165, 1.54) is 12.1 Å². The molecule has 5 rings (SSSR count). The van der Waals surface area contributed by atoms with Gasteiger partial charge in [-0.25, -0.2) is 8.78 Å². The summed E-state index contributed by atoms with van der Waals surface area (Å²) in [6, 6.07) is 5.35. The quantitative estimate of drug-likeness (QED) is 0.404. The average Bonchev–Trinajstić information content (AvgIpc) is 3.42. The fraction of sp³-hybridized carbons (Fsp3) is 0.583. The lowest BCUT2D eigenvalue weighted by Gasteiger charge is -2.40. The van der Waals surface area contributed by atoms with Crippen LogP contribution in [0.4, 0.5) is 22.0 Å². The topological polar surface area (TPSA) is 69.6 Å². The Morgan fingerprint density at radius 2 is 1.54 bits per heavy atom. The third kappa shape index (κ3) is 4.12. The monoisotopic (exact) mass is 495 g/mol. The van der Waals surface area contributed by atoms with Crippen LogP contribution in [0.15, 0.2) is 28.7 Å². The predicted octanol–water partition coefficient (Wildman–Crippen LogP) is 6.19. The Balaban J connectivity index is 1.35. The molecule has 2 aromatic heterocycles. The minimum atomic E-state index is -4.50. The first-order valence-corrected chi connectivity index (χ1v) is 11.6. The number of nitrogens with zero attached hydrogens (tertiary/aromatic N) is 5. The smallest absolute Gasteiger partial charge is 0.417 e. The Labute approximate surface area is 198 Å². The lowest BCUT2D eigenvalue weighted by molar-refractivity contribution is -0.137. The molecule has 0 atom stereocenters. The summed E-state index contributed by atoms with van der Waals surface area (Å²) >= 11 is 0. The van der Waals surface area contributed by atoms with Crippen molar-refractivity contribution in [3.05, 3.63) is 47.4 Å². The fourth-order valence-corrected chi connectivity index (χ4v) is 5.28. The van der Waals surface area contributed by atoms with Crippen molar-refractivity contribution in [2.45, 2.75) is 81.2 Å². The highest BCUT2D eigenvalue weighted by molar-refractivity contribution is 5.61. The molecule has 0 N–H and O–H groups in total. The highest BCUT2D eigenvalue weighted by Crippen LogP contribution is 2.50. The van der Waals surface area contributed by atoms with Gasteiger partial charge in [0.25, 0.3) is 0 Å². The molecule has 11 heteroatoms. The first kappa shape index (κ1) is 23.9. The van der Waals surface area contributed by atoms with Crippen molar-refractivity contribution in [2.24, 2.45) is 7.05 Å². The van der Waals surface area contributed by atoms with Crippen LogP contribution in [0.1, 0.15) is 81.5 Å². The van der Waals surface area contributed by atoms with Gasteiger partial charge < -0.3 is 8.98 Å². The Bertz CT molecular complexity index is 1230. The van der Waals surface area contributed by atoms with Crippen LogP contribution in [0.25, 0.3) is 11.4 Å². The van der Waals surface area contributed by atoms with Crippen molar-refractivity contribution in [1.29, 1.82) is 0 Å². The first-order valence-electron chi connectivity index (χ1n) is 11.6. The van der Waals surface area contributed by atoms with Gasteiger partial charge in [-0.05, 0) is 31.7 Å². The molecule has 2 saturated carbocycles. The van der Waals surface area contributed by atoms with Crippen LogP contribution in [0.3, 0.4) is 0 Å². The zero-order chi connectivity index (χ0) is 25.2. The largest absolute Gasteiger partial charge is 0.424 e. The Hall–Kier alpha value is -2.85. The van der Waals surface area contributed by atoms with E-state index >= 15 is 0 Å². The van der Waals surface area contributed by atoms with Crippen LogP contribution in [-0.2, 0) is 24.1 Å². The summed E-state index contributed by atoms with van der Waals surface area (Å²) in [6.07, 6.45) is -2.34. The van der Waals surface area contributed by atoms with Crippen molar-refractivity contribution in [1.82, 2.24) is 25.0 Å². The molecule has 6 nitrogen and oxygen atoms in total. The van der Waals surface area contributed by atoms with Gasteiger partial charge in [0.15, 0.2) is 5.82 Å². The van der Waals surface area contributed by atoms with E-state index in [0.717, 1.165) is 6.07 Å². The third-order valence-electron chi connectivity index (χ3n) is 7.74. The van der Waals surface area contributed by atoms with Gasteiger partial charge in [0.05, 0.1) is 5.56 Å². The normalized spacial score (nSPS) is 27.1. The van der Waals surface area contributed by atoms with Gasteiger partial charge in [-0.1, -0.05) is 32.0 Å². The summed E-state index contributed by atoms with van der Waals surface area (Å²) in [5.74, 6) is -1.56.